The lowest BCUT2D eigenvalue weighted by Gasteiger charge is -2.18. The lowest BCUT2D eigenvalue weighted by atomic mass is 9.92. The maximum absolute atomic E-state index is 12.6. The molecule has 2 aromatic carbocycles. The number of anilines is 1. The summed E-state index contributed by atoms with van der Waals surface area (Å²) in [6.07, 6.45) is 5.53. The van der Waals surface area contributed by atoms with E-state index in [0.717, 1.165) is 22.0 Å². The van der Waals surface area contributed by atoms with Crippen molar-refractivity contribution in [3.05, 3.63) is 95.9 Å². The van der Waals surface area contributed by atoms with Gasteiger partial charge in [-0.2, -0.15) is 0 Å². The van der Waals surface area contributed by atoms with Crippen LogP contribution in [0.3, 0.4) is 0 Å². The number of ether oxygens (including phenoxy) is 1. The number of hydrogen-bond donors (Lipinski definition) is 3. The molecule has 162 valence electrons. The van der Waals surface area contributed by atoms with Crippen LogP contribution >= 0.6 is 0 Å². The number of fused-ring (bicyclic) bond motifs is 1. The summed E-state index contributed by atoms with van der Waals surface area (Å²) in [7, 11) is 0. The Hall–Kier alpha value is -4.13. The van der Waals surface area contributed by atoms with Crippen LogP contribution in [-0.2, 0) is 4.74 Å². The van der Waals surface area contributed by atoms with Crippen molar-refractivity contribution in [3.63, 3.8) is 0 Å². The third kappa shape index (κ3) is 4.78. The van der Waals surface area contributed by atoms with Gasteiger partial charge in [-0.05, 0) is 54.4 Å². The second-order valence-electron chi connectivity index (χ2n) is 7.26. The maximum atomic E-state index is 12.6. The number of nitrogens with zero attached hydrogens (tertiary/aromatic N) is 1. The molecule has 3 N–H and O–H groups in total. The van der Waals surface area contributed by atoms with E-state index in [2.05, 4.69) is 26.7 Å². The Morgan fingerprint density at radius 3 is 2.62 bits per heavy atom. The first-order valence-electron chi connectivity index (χ1n) is 10.4. The number of carbonyl (C=O) groups excluding carboxylic acids is 2. The minimum atomic E-state index is -0.387. The number of rotatable bonds is 7. The summed E-state index contributed by atoms with van der Waals surface area (Å²) in [5.41, 5.74) is 4.17. The second kappa shape index (κ2) is 9.78. The molecule has 0 aliphatic rings. The van der Waals surface area contributed by atoms with Crippen molar-refractivity contribution >= 4 is 28.6 Å². The van der Waals surface area contributed by atoms with Gasteiger partial charge in [0.05, 0.1) is 12.2 Å². The van der Waals surface area contributed by atoms with Crippen LogP contribution in [0.5, 0.6) is 0 Å². The maximum Gasteiger partial charge on any atom is 0.338 e. The van der Waals surface area contributed by atoms with Crippen LogP contribution in [-0.4, -0.2) is 35.1 Å². The Kier molecular flexibility index (Phi) is 6.46. The number of amides is 2. The zero-order valence-corrected chi connectivity index (χ0v) is 17.7. The first-order valence-corrected chi connectivity index (χ1v) is 10.4. The standard InChI is InChI=1S/C25H24N4O3/c1-2-32-24(30)17-9-11-19(12-10-17)29-25(31)28-15-21(18-6-5-13-26-14-18)22-16-27-23-8-4-3-7-20(22)23/h3-14,16,21,27H,2,15H2,1H3,(H2,28,29,31)/t21-/m0/s1. The molecular formula is C25H24N4O3. The van der Waals surface area contributed by atoms with Gasteiger partial charge in [0.2, 0.25) is 0 Å². The first-order chi connectivity index (χ1) is 15.7. The van der Waals surface area contributed by atoms with Crippen LogP contribution in [0.15, 0.2) is 79.3 Å². The molecule has 32 heavy (non-hydrogen) atoms. The molecule has 1 atom stereocenters. The fraction of sp³-hybridized carbons (Fsp3) is 0.160. The number of nitrogens with one attached hydrogen (secondary N) is 3. The molecule has 0 saturated heterocycles. The molecular weight excluding hydrogens is 404 g/mol. The van der Waals surface area contributed by atoms with E-state index in [9.17, 15) is 9.59 Å². The van der Waals surface area contributed by atoms with Crippen molar-refractivity contribution in [1.29, 1.82) is 0 Å². The van der Waals surface area contributed by atoms with Gasteiger partial charge in [0.15, 0.2) is 0 Å². The zero-order chi connectivity index (χ0) is 22.3. The van der Waals surface area contributed by atoms with Crippen molar-refractivity contribution in [2.24, 2.45) is 0 Å². The molecule has 2 heterocycles. The first kappa shape index (κ1) is 21.1. The summed E-state index contributed by atoms with van der Waals surface area (Å²) >= 11 is 0. The molecule has 7 nitrogen and oxygen atoms in total. The number of aromatic nitrogens is 2. The summed E-state index contributed by atoms with van der Waals surface area (Å²) in [5, 5.41) is 6.87. The molecule has 0 unspecified atom stereocenters. The number of para-hydroxylation sites is 1. The third-order valence-electron chi connectivity index (χ3n) is 5.20. The normalized spacial score (nSPS) is 11.7. The van der Waals surface area contributed by atoms with Crippen LogP contribution < -0.4 is 10.6 Å². The van der Waals surface area contributed by atoms with Gasteiger partial charge in [-0.25, -0.2) is 9.59 Å². The molecule has 0 aliphatic heterocycles. The average Bonchev–Trinajstić information content (AvgIpc) is 3.25. The van der Waals surface area contributed by atoms with Gasteiger partial charge in [0, 0.05) is 47.6 Å². The quantitative estimate of drug-likeness (QED) is 0.372. The number of esters is 1. The zero-order valence-electron chi connectivity index (χ0n) is 17.7. The van der Waals surface area contributed by atoms with Crippen LogP contribution in [0.25, 0.3) is 10.9 Å². The van der Waals surface area contributed by atoms with E-state index in [1.807, 2.05) is 42.7 Å². The fourth-order valence-electron chi connectivity index (χ4n) is 3.65. The highest BCUT2D eigenvalue weighted by atomic mass is 16.5. The average molecular weight is 428 g/mol. The molecule has 0 saturated carbocycles. The van der Waals surface area contributed by atoms with Gasteiger partial charge >= 0.3 is 12.0 Å². The summed E-state index contributed by atoms with van der Waals surface area (Å²) in [6.45, 7) is 2.46. The predicted octanol–water partition coefficient (Wildman–Crippen LogP) is 4.69. The van der Waals surface area contributed by atoms with Gasteiger partial charge in [0.25, 0.3) is 0 Å². The Bertz CT molecular complexity index is 1200. The van der Waals surface area contributed by atoms with Gasteiger partial charge < -0.3 is 20.4 Å². The summed E-state index contributed by atoms with van der Waals surface area (Å²) in [5.74, 6) is -0.460. The van der Waals surface area contributed by atoms with Crippen LogP contribution in [0.1, 0.15) is 34.3 Å². The molecule has 0 spiro atoms. The Morgan fingerprint density at radius 1 is 1.06 bits per heavy atom. The number of benzene rings is 2. The largest absolute Gasteiger partial charge is 0.462 e. The molecule has 2 amide bonds. The molecule has 0 fully saturated rings. The molecule has 0 aliphatic carbocycles. The minimum Gasteiger partial charge on any atom is -0.462 e. The highest BCUT2D eigenvalue weighted by Crippen LogP contribution is 2.30. The summed E-state index contributed by atoms with van der Waals surface area (Å²) in [4.78, 5) is 31.9. The number of hydrogen-bond acceptors (Lipinski definition) is 4. The minimum absolute atomic E-state index is 0.0724. The Balaban J connectivity index is 1.46. The molecule has 4 aromatic rings. The lowest BCUT2D eigenvalue weighted by molar-refractivity contribution is 0.0526. The van der Waals surface area contributed by atoms with Gasteiger partial charge in [-0.1, -0.05) is 24.3 Å². The Morgan fingerprint density at radius 2 is 1.88 bits per heavy atom. The van der Waals surface area contributed by atoms with E-state index < -0.39 is 0 Å². The fourth-order valence-corrected chi connectivity index (χ4v) is 3.65. The monoisotopic (exact) mass is 428 g/mol. The predicted molar refractivity (Wildman–Crippen MR) is 124 cm³/mol. The van der Waals surface area contributed by atoms with Crippen molar-refractivity contribution in [1.82, 2.24) is 15.3 Å². The SMILES string of the molecule is CCOC(=O)c1ccc(NC(=O)NC[C@@H](c2cccnc2)c2c[nH]c3ccccc23)cc1. The molecule has 0 bridgehead atoms. The van der Waals surface area contributed by atoms with Crippen molar-refractivity contribution in [2.75, 3.05) is 18.5 Å². The van der Waals surface area contributed by atoms with Crippen LogP contribution in [0.4, 0.5) is 10.5 Å². The smallest absolute Gasteiger partial charge is 0.338 e. The van der Waals surface area contributed by atoms with Crippen molar-refractivity contribution in [3.8, 4) is 0 Å². The van der Waals surface area contributed by atoms with Crippen molar-refractivity contribution < 1.29 is 14.3 Å². The number of pyridine rings is 1. The molecule has 4 rings (SSSR count). The number of aromatic amines is 1. The van der Waals surface area contributed by atoms with Crippen LogP contribution in [0.2, 0.25) is 0 Å². The summed E-state index contributed by atoms with van der Waals surface area (Å²) in [6, 6.07) is 18.2. The molecule has 2 aromatic heterocycles. The molecule has 7 heteroatoms. The highest BCUT2D eigenvalue weighted by molar-refractivity contribution is 5.92. The number of H-pyrrole nitrogens is 1. The lowest BCUT2D eigenvalue weighted by Crippen LogP contribution is -2.32. The van der Waals surface area contributed by atoms with E-state index in [1.54, 1.807) is 37.4 Å². The Labute approximate surface area is 185 Å². The highest BCUT2D eigenvalue weighted by Gasteiger charge is 2.19. The number of urea groups is 1. The third-order valence-corrected chi connectivity index (χ3v) is 5.20. The van der Waals surface area contributed by atoms with Gasteiger partial charge in [-0.15, -0.1) is 0 Å². The second-order valence-corrected chi connectivity index (χ2v) is 7.26. The summed E-state index contributed by atoms with van der Waals surface area (Å²) < 4.78 is 4.98. The van der Waals surface area contributed by atoms with Crippen LogP contribution in [0, 0.1) is 0 Å². The van der Waals surface area contributed by atoms with Crippen molar-refractivity contribution in [2.45, 2.75) is 12.8 Å². The van der Waals surface area contributed by atoms with E-state index >= 15 is 0 Å². The van der Waals surface area contributed by atoms with Gasteiger partial charge in [-0.3, -0.25) is 4.98 Å². The van der Waals surface area contributed by atoms with E-state index in [4.69, 9.17) is 4.74 Å². The topological polar surface area (TPSA) is 96.1 Å². The van der Waals surface area contributed by atoms with E-state index in [0.29, 0.717) is 24.4 Å². The van der Waals surface area contributed by atoms with E-state index in [1.165, 1.54) is 0 Å². The molecule has 0 radical (unpaired) electrons. The van der Waals surface area contributed by atoms with Gasteiger partial charge in [0.1, 0.15) is 0 Å². The van der Waals surface area contributed by atoms with E-state index in [-0.39, 0.29) is 17.9 Å². The number of carbonyl (C=O) groups is 2.